The molecule has 0 aromatic carbocycles. The lowest BCUT2D eigenvalue weighted by atomic mass is 10.4. The summed E-state index contributed by atoms with van der Waals surface area (Å²) in [7, 11) is 0. The number of pyridine rings is 1. The van der Waals surface area contributed by atoms with Crippen LogP contribution in [0.25, 0.3) is 0 Å². The number of rotatable bonds is 3. The minimum absolute atomic E-state index is 0.716. The van der Waals surface area contributed by atoms with Gasteiger partial charge in [0.15, 0.2) is 8.29 Å². The van der Waals surface area contributed by atoms with Crippen LogP contribution in [-0.2, 0) is 5.75 Å². The number of H-pyrrole nitrogens is 1. The standard InChI is InChI=1S/C8H7N3S3/c12-7-10-11-8(14-7)13-5-6-3-1-2-4-9-6/h1-4H,5H2,(H,10,12). The quantitative estimate of drug-likeness (QED) is 0.662. The van der Waals surface area contributed by atoms with Gasteiger partial charge in [0.2, 0.25) is 0 Å². The molecule has 2 rings (SSSR count). The van der Waals surface area contributed by atoms with E-state index in [0.29, 0.717) is 3.95 Å². The summed E-state index contributed by atoms with van der Waals surface area (Å²) in [5, 5.41) is 6.80. The van der Waals surface area contributed by atoms with Crippen molar-refractivity contribution in [2.75, 3.05) is 0 Å². The van der Waals surface area contributed by atoms with E-state index in [0.717, 1.165) is 15.8 Å². The van der Waals surface area contributed by atoms with Crippen molar-refractivity contribution in [3.63, 3.8) is 0 Å². The van der Waals surface area contributed by atoms with Crippen LogP contribution >= 0.6 is 35.3 Å². The largest absolute Gasteiger partial charge is 0.260 e. The van der Waals surface area contributed by atoms with Gasteiger partial charge < -0.3 is 0 Å². The highest BCUT2D eigenvalue weighted by molar-refractivity contribution is 8.00. The summed E-state index contributed by atoms with van der Waals surface area (Å²) in [6.07, 6.45) is 1.79. The van der Waals surface area contributed by atoms with Crippen LogP contribution in [-0.4, -0.2) is 15.2 Å². The second kappa shape index (κ2) is 4.68. The summed E-state index contributed by atoms with van der Waals surface area (Å²) < 4.78 is 1.68. The number of hydrogen-bond donors (Lipinski definition) is 1. The van der Waals surface area contributed by atoms with Crippen molar-refractivity contribution in [3.8, 4) is 0 Å². The Labute approximate surface area is 94.6 Å². The average molecular weight is 241 g/mol. The first kappa shape index (κ1) is 9.82. The van der Waals surface area contributed by atoms with Crippen LogP contribution in [0, 0.1) is 3.95 Å². The molecule has 0 radical (unpaired) electrons. The van der Waals surface area contributed by atoms with Gasteiger partial charge in [0.05, 0.1) is 5.69 Å². The average Bonchev–Trinajstić information content (AvgIpc) is 2.63. The molecule has 0 fully saturated rings. The number of thioether (sulfide) groups is 1. The maximum Gasteiger partial charge on any atom is 0.177 e. The highest BCUT2D eigenvalue weighted by atomic mass is 32.2. The van der Waals surface area contributed by atoms with Crippen molar-refractivity contribution in [2.45, 2.75) is 10.1 Å². The van der Waals surface area contributed by atoms with Crippen LogP contribution in [0.2, 0.25) is 0 Å². The molecule has 2 aromatic rings. The number of hydrogen-bond acceptors (Lipinski definition) is 5. The summed E-state index contributed by atoms with van der Waals surface area (Å²) in [5.74, 6) is 0.830. The summed E-state index contributed by atoms with van der Waals surface area (Å²) in [5.41, 5.74) is 1.05. The lowest BCUT2D eigenvalue weighted by Gasteiger charge is -1.95. The van der Waals surface area contributed by atoms with E-state index in [2.05, 4.69) is 15.2 Å². The van der Waals surface area contributed by atoms with Gasteiger partial charge >= 0.3 is 0 Å². The van der Waals surface area contributed by atoms with Crippen molar-refractivity contribution in [1.82, 2.24) is 15.2 Å². The molecule has 0 unspecified atom stereocenters. The van der Waals surface area contributed by atoms with Crippen LogP contribution in [0.1, 0.15) is 5.69 Å². The van der Waals surface area contributed by atoms with E-state index in [9.17, 15) is 0 Å². The topological polar surface area (TPSA) is 41.6 Å². The first-order valence-electron chi connectivity index (χ1n) is 3.93. The molecule has 1 N–H and O–H groups in total. The predicted octanol–water partition coefficient (Wildman–Crippen LogP) is 2.89. The van der Waals surface area contributed by atoms with E-state index in [1.165, 1.54) is 11.3 Å². The summed E-state index contributed by atoms with van der Waals surface area (Å²) >= 11 is 8.07. The monoisotopic (exact) mass is 241 g/mol. The van der Waals surface area contributed by atoms with Gasteiger partial charge in [-0.2, -0.15) is 5.10 Å². The van der Waals surface area contributed by atoms with Gasteiger partial charge in [-0.1, -0.05) is 29.2 Å². The lowest BCUT2D eigenvalue weighted by molar-refractivity contribution is 1.00. The Morgan fingerprint density at radius 3 is 3.07 bits per heavy atom. The van der Waals surface area contributed by atoms with Gasteiger partial charge in [0.25, 0.3) is 0 Å². The second-order valence-electron chi connectivity index (χ2n) is 2.49. The number of aromatic nitrogens is 3. The molecule has 0 saturated heterocycles. The van der Waals surface area contributed by atoms with Gasteiger partial charge in [-0.15, -0.1) is 0 Å². The Morgan fingerprint density at radius 2 is 2.43 bits per heavy atom. The number of aromatic amines is 1. The van der Waals surface area contributed by atoms with Gasteiger partial charge in [-0.05, 0) is 24.4 Å². The molecule has 3 nitrogen and oxygen atoms in total. The van der Waals surface area contributed by atoms with Crippen molar-refractivity contribution >= 4 is 35.3 Å². The van der Waals surface area contributed by atoms with Gasteiger partial charge in [0, 0.05) is 11.9 Å². The van der Waals surface area contributed by atoms with E-state index >= 15 is 0 Å². The molecular weight excluding hydrogens is 234 g/mol. The van der Waals surface area contributed by atoms with Crippen molar-refractivity contribution < 1.29 is 0 Å². The van der Waals surface area contributed by atoms with Crippen LogP contribution in [0.5, 0.6) is 0 Å². The minimum Gasteiger partial charge on any atom is -0.260 e. The minimum atomic E-state index is 0.716. The molecular formula is C8H7N3S3. The molecule has 14 heavy (non-hydrogen) atoms. The third-order valence-corrected chi connectivity index (χ3v) is 3.75. The number of nitrogens with one attached hydrogen (secondary N) is 1. The fraction of sp³-hybridized carbons (Fsp3) is 0.125. The summed E-state index contributed by atoms with van der Waals surface area (Å²) in [4.78, 5) is 4.22. The highest BCUT2D eigenvalue weighted by Crippen LogP contribution is 2.23. The first-order valence-corrected chi connectivity index (χ1v) is 6.14. The Hall–Kier alpha value is -0.720. The normalized spacial score (nSPS) is 10.3. The smallest absolute Gasteiger partial charge is 0.177 e. The Balaban J connectivity index is 1.98. The second-order valence-corrected chi connectivity index (χ2v) is 5.38. The third-order valence-electron chi connectivity index (χ3n) is 1.49. The van der Waals surface area contributed by atoms with Crippen molar-refractivity contribution in [3.05, 3.63) is 34.0 Å². The number of nitrogens with zero attached hydrogens (tertiary/aromatic N) is 2. The fourth-order valence-electron chi connectivity index (χ4n) is 0.897. The van der Waals surface area contributed by atoms with E-state index < -0.39 is 0 Å². The maximum absolute atomic E-state index is 4.94. The molecule has 0 bridgehead atoms. The van der Waals surface area contributed by atoms with Crippen LogP contribution in [0.15, 0.2) is 28.7 Å². The molecule has 0 saturated carbocycles. The molecule has 0 amide bonds. The van der Waals surface area contributed by atoms with Crippen LogP contribution in [0.3, 0.4) is 0 Å². The van der Waals surface area contributed by atoms with Crippen LogP contribution in [0.4, 0.5) is 0 Å². The summed E-state index contributed by atoms with van der Waals surface area (Å²) in [6.45, 7) is 0. The van der Waals surface area contributed by atoms with E-state index in [-0.39, 0.29) is 0 Å². The van der Waals surface area contributed by atoms with E-state index in [4.69, 9.17) is 12.2 Å². The fourth-order valence-corrected chi connectivity index (χ4v) is 2.89. The van der Waals surface area contributed by atoms with Gasteiger partial charge in [-0.3, -0.25) is 10.1 Å². The Kier molecular flexibility index (Phi) is 3.28. The van der Waals surface area contributed by atoms with E-state index in [1.807, 2.05) is 18.2 Å². The van der Waals surface area contributed by atoms with Crippen molar-refractivity contribution in [2.24, 2.45) is 0 Å². The molecule has 2 aromatic heterocycles. The Bertz CT molecular complexity index is 448. The zero-order chi connectivity index (χ0) is 9.80. The molecule has 6 heteroatoms. The lowest BCUT2D eigenvalue weighted by Crippen LogP contribution is -1.83. The van der Waals surface area contributed by atoms with E-state index in [1.54, 1.807) is 18.0 Å². The third kappa shape index (κ3) is 2.63. The SMILES string of the molecule is S=c1[nH]nc(SCc2ccccn2)s1. The van der Waals surface area contributed by atoms with Crippen LogP contribution < -0.4 is 0 Å². The van der Waals surface area contributed by atoms with Gasteiger partial charge in [0.1, 0.15) is 0 Å². The maximum atomic E-state index is 4.94. The molecule has 72 valence electrons. The molecule has 0 aliphatic carbocycles. The Morgan fingerprint density at radius 1 is 1.50 bits per heavy atom. The zero-order valence-electron chi connectivity index (χ0n) is 7.14. The summed E-state index contributed by atoms with van der Waals surface area (Å²) in [6, 6.07) is 5.89. The van der Waals surface area contributed by atoms with Gasteiger partial charge in [-0.25, -0.2) is 0 Å². The van der Waals surface area contributed by atoms with Crippen molar-refractivity contribution in [1.29, 1.82) is 0 Å². The highest BCUT2D eigenvalue weighted by Gasteiger charge is 1.99. The molecule has 0 atom stereocenters. The molecule has 0 aliphatic heterocycles. The predicted molar refractivity (Wildman–Crippen MR) is 61.1 cm³/mol. The molecule has 0 spiro atoms. The molecule has 2 heterocycles. The zero-order valence-corrected chi connectivity index (χ0v) is 9.59. The molecule has 0 aliphatic rings. The first-order chi connectivity index (χ1) is 6.84.